The van der Waals surface area contributed by atoms with E-state index in [1.807, 2.05) is 18.4 Å². The normalized spacial score (nSPS) is 10.3. The molecule has 2 rings (SSSR count). The first kappa shape index (κ1) is 14.5. The maximum Gasteiger partial charge on any atom is 0.306 e. The van der Waals surface area contributed by atoms with Crippen molar-refractivity contribution in [3.63, 3.8) is 0 Å². The van der Waals surface area contributed by atoms with Gasteiger partial charge in [0.05, 0.1) is 30.6 Å². The Morgan fingerprint density at radius 3 is 3.05 bits per heavy atom. The molecule has 2 heterocycles. The van der Waals surface area contributed by atoms with Gasteiger partial charge in [-0.1, -0.05) is 0 Å². The van der Waals surface area contributed by atoms with Crippen molar-refractivity contribution in [3.05, 3.63) is 35.1 Å². The molecule has 0 saturated heterocycles. The third-order valence-corrected chi connectivity index (χ3v) is 3.38. The van der Waals surface area contributed by atoms with E-state index in [0.717, 1.165) is 22.1 Å². The lowest BCUT2D eigenvalue weighted by molar-refractivity contribution is -0.143. The number of thiazole rings is 1. The molecule has 1 N–H and O–H groups in total. The summed E-state index contributed by atoms with van der Waals surface area (Å²) in [5.74, 6) is -0.183. The summed E-state index contributed by atoms with van der Waals surface area (Å²) in [5, 5.41) is 5.96. The number of esters is 1. The van der Waals surface area contributed by atoms with Crippen LogP contribution in [0.5, 0.6) is 0 Å². The lowest BCUT2D eigenvalue weighted by atomic mass is 10.2. The van der Waals surface area contributed by atoms with Gasteiger partial charge in [-0.25, -0.2) is 4.98 Å². The number of hydrogen-bond donors (Lipinski definition) is 1. The van der Waals surface area contributed by atoms with Gasteiger partial charge in [0.25, 0.3) is 0 Å². The predicted octanol–water partition coefficient (Wildman–Crippen LogP) is 3.09. The van der Waals surface area contributed by atoms with Crippen LogP contribution in [0.25, 0.3) is 0 Å². The molecule has 0 radical (unpaired) electrons. The molecule has 5 nitrogen and oxygen atoms in total. The number of ether oxygens (including phenoxy) is 1. The standard InChI is InChI=1S/C14H17N3O2S/c1-3-19-13(18)5-4-11-9-20-14(16-11)17-12-6-10(2)7-15-8-12/h6-9H,3-5H2,1-2H3,(H,16,17). The van der Waals surface area contributed by atoms with Crippen LogP contribution in [0.1, 0.15) is 24.6 Å². The molecule has 0 bridgehead atoms. The van der Waals surface area contributed by atoms with E-state index in [0.29, 0.717) is 19.4 Å². The highest BCUT2D eigenvalue weighted by Crippen LogP contribution is 2.21. The van der Waals surface area contributed by atoms with Crippen LogP contribution in [0.3, 0.4) is 0 Å². The SMILES string of the molecule is CCOC(=O)CCc1csc(Nc2cncc(C)c2)n1. The van der Waals surface area contributed by atoms with Crippen LogP contribution in [-0.2, 0) is 16.0 Å². The average Bonchev–Trinajstić information content (AvgIpc) is 2.84. The molecule has 0 fully saturated rings. The van der Waals surface area contributed by atoms with Crippen LogP contribution < -0.4 is 5.32 Å². The number of aromatic nitrogens is 2. The molecule has 0 spiro atoms. The van der Waals surface area contributed by atoms with Gasteiger partial charge in [0.1, 0.15) is 0 Å². The number of hydrogen-bond acceptors (Lipinski definition) is 6. The van der Waals surface area contributed by atoms with Crippen LogP contribution in [0, 0.1) is 6.92 Å². The molecule has 0 aliphatic heterocycles. The number of nitrogens with one attached hydrogen (secondary N) is 1. The van der Waals surface area contributed by atoms with Crippen molar-refractivity contribution < 1.29 is 9.53 Å². The summed E-state index contributed by atoms with van der Waals surface area (Å²) in [6.45, 7) is 4.21. The minimum atomic E-state index is -0.183. The van der Waals surface area contributed by atoms with Crippen LogP contribution in [0.2, 0.25) is 0 Å². The second kappa shape index (κ2) is 7.00. The fourth-order valence-electron chi connectivity index (χ4n) is 1.69. The van der Waals surface area contributed by atoms with Crippen LogP contribution >= 0.6 is 11.3 Å². The molecule has 106 valence electrons. The Bertz CT molecular complexity index is 583. The zero-order valence-corrected chi connectivity index (χ0v) is 12.4. The van der Waals surface area contributed by atoms with Gasteiger partial charge in [-0.15, -0.1) is 11.3 Å². The van der Waals surface area contributed by atoms with E-state index in [-0.39, 0.29) is 5.97 Å². The molecular formula is C14H17N3O2S. The summed E-state index contributed by atoms with van der Waals surface area (Å²) in [4.78, 5) is 19.8. The van der Waals surface area contributed by atoms with Gasteiger partial charge in [0.15, 0.2) is 5.13 Å². The van der Waals surface area contributed by atoms with E-state index in [4.69, 9.17) is 4.74 Å². The zero-order valence-electron chi connectivity index (χ0n) is 11.5. The van der Waals surface area contributed by atoms with E-state index < -0.39 is 0 Å². The predicted molar refractivity (Wildman–Crippen MR) is 79.3 cm³/mol. The number of anilines is 2. The first-order valence-corrected chi connectivity index (χ1v) is 7.34. The van der Waals surface area contributed by atoms with Crippen molar-refractivity contribution in [2.75, 3.05) is 11.9 Å². The number of rotatable bonds is 6. The van der Waals surface area contributed by atoms with E-state index in [1.54, 1.807) is 19.3 Å². The number of carbonyl (C=O) groups excluding carboxylic acids is 1. The Morgan fingerprint density at radius 2 is 2.30 bits per heavy atom. The van der Waals surface area contributed by atoms with Gasteiger partial charge in [-0.05, 0) is 25.5 Å². The number of carbonyl (C=O) groups is 1. The summed E-state index contributed by atoms with van der Waals surface area (Å²) in [6.07, 6.45) is 4.52. The quantitative estimate of drug-likeness (QED) is 0.829. The van der Waals surface area contributed by atoms with Gasteiger partial charge in [0, 0.05) is 18.0 Å². The van der Waals surface area contributed by atoms with Gasteiger partial charge in [-0.3, -0.25) is 9.78 Å². The summed E-state index contributed by atoms with van der Waals surface area (Å²) in [7, 11) is 0. The molecule has 2 aromatic rings. The highest BCUT2D eigenvalue weighted by atomic mass is 32.1. The molecule has 0 aromatic carbocycles. The highest BCUT2D eigenvalue weighted by molar-refractivity contribution is 7.13. The molecule has 0 atom stereocenters. The van der Waals surface area contributed by atoms with Gasteiger partial charge >= 0.3 is 5.97 Å². The van der Waals surface area contributed by atoms with Crippen molar-refractivity contribution in [1.82, 2.24) is 9.97 Å². The zero-order chi connectivity index (χ0) is 14.4. The Hall–Kier alpha value is -1.95. The minimum absolute atomic E-state index is 0.183. The average molecular weight is 291 g/mol. The lowest BCUT2D eigenvalue weighted by Crippen LogP contribution is -2.05. The van der Waals surface area contributed by atoms with Crippen molar-refractivity contribution in [2.45, 2.75) is 26.7 Å². The molecule has 0 aliphatic carbocycles. The van der Waals surface area contributed by atoms with Crippen molar-refractivity contribution in [2.24, 2.45) is 0 Å². The van der Waals surface area contributed by atoms with Crippen molar-refractivity contribution in [1.29, 1.82) is 0 Å². The summed E-state index contributed by atoms with van der Waals surface area (Å²) in [6, 6.07) is 2.01. The molecule has 6 heteroatoms. The monoisotopic (exact) mass is 291 g/mol. The molecule has 0 unspecified atom stereocenters. The van der Waals surface area contributed by atoms with Gasteiger partial charge in [-0.2, -0.15) is 0 Å². The molecule has 20 heavy (non-hydrogen) atoms. The van der Waals surface area contributed by atoms with E-state index in [1.165, 1.54) is 11.3 Å². The number of nitrogens with zero attached hydrogens (tertiary/aromatic N) is 2. The fraction of sp³-hybridized carbons (Fsp3) is 0.357. The summed E-state index contributed by atoms with van der Waals surface area (Å²) in [5.41, 5.74) is 2.90. The van der Waals surface area contributed by atoms with Crippen LogP contribution in [0.15, 0.2) is 23.8 Å². The van der Waals surface area contributed by atoms with E-state index in [2.05, 4.69) is 15.3 Å². The first-order chi connectivity index (χ1) is 9.67. The smallest absolute Gasteiger partial charge is 0.306 e. The molecule has 0 aliphatic rings. The second-order valence-corrected chi connectivity index (χ2v) is 5.18. The second-order valence-electron chi connectivity index (χ2n) is 4.32. The van der Waals surface area contributed by atoms with E-state index in [9.17, 15) is 4.79 Å². The third-order valence-electron chi connectivity index (χ3n) is 2.57. The first-order valence-electron chi connectivity index (χ1n) is 6.46. The summed E-state index contributed by atoms with van der Waals surface area (Å²) >= 11 is 1.51. The maximum absolute atomic E-state index is 11.3. The van der Waals surface area contributed by atoms with Crippen LogP contribution in [0.4, 0.5) is 10.8 Å². The van der Waals surface area contributed by atoms with Gasteiger partial charge in [0.2, 0.25) is 0 Å². The Morgan fingerprint density at radius 1 is 1.45 bits per heavy atom. The minimum Gasteiger partial charge on any atom is -0.466 e. The Labute approximate surface area is 122 Å². The largest absolute Gasteiger partial charge is 0.466 e. The molecule has 0 saturated carbocycles. The molecular weight excluding hydrogens is 274 g/mol. The highest BCUT2D eigenvalue weighted by Gasteiger charge is 2.06. The van der Waals surface area contributed by atoms with Crippen molar-refractivity contribution in [3.8, 4) is 0 Å². The molecule has 0 amide bonds. The molecule has 2 aromatic heterocycles. The fourth-order valence-corrected chi connectivity index (χ4v) is 2.45. The van der Waals surface area contributed by atoms with Crippen LogP contribution in [-0.4, -0.2) is 22.5 Å². The topological polar surface area (TPSA) is 64.1 Å². The van der Waals surface area contributed by atoms with E-state index >= 15 is 0 Å². The Balaban J connectivity index is 1.90. The van der Waals surface area contributed by atoms with Gasteiger partial charge < -0.3 is 10.1 Å². The lowest BCUT2D eigenvalue weighted by Gasteiger charge is -2.02. The number of aryl methyl sites for hydroxylation is 2. The Kier molecular flexibility index (Phi) is 5.06. The third kappa shape index (κ3) is 4.31. The maximum atomic E-state index is 11.3. The van der Waals surface area contributed by atoms with Crippen molar-refractivity contribution >= 4 is 28.1 Å². The number of pyridine rings is 1. The summed E-state index contributed by atoms with van der Waals surface area (Å²) < 4.78 is 4.89.